The highest BCUT2D eigenvalue weighted by atomic mass is 35.5. The maximum atomic E-state index is 12.3. The van der Waals surface area contributed by atoms with Crippen molar-refractivity contribution in [1.29, 1.82) is 0 Å². The Balaban J connectivity index is 0.000001000. The fourth-order valence-corrected chi connectivity index (χ4v) is 2.53. The Hall–Kier alpha value is -0.970. The highest BCUT2D eigenvalue weighted by molar-refractivity contribution is 5.89. The molecule has 1 aromatic rings. The van der Waals surface area contributed by atoms with E-state index in [4.69, 9.17) is 5.73 Å². The number of rotatable bonds is 1. The number of benzene rings is 1. The first-order valence-electron chi connectivity index (χ1n) is 6.47. The van der Waals surface area contributed by atoms with Gasteiger partial charge in [0.05, 0.1) is 5.54 Å². The fraction of sp³-hybridized carbons (Fsp3) is 0.500. The third kappa shape index (κ3) is 3.03. The summed E-state index contributed by atoms with van der Waals surface area (Å²) in [5.74, 6) is 0.118. The van der Waals surface area contributed by atoms with Gasteiger partial charge in [-0.05, 0) is 24.5 Å². The largest absolute Gasteiger partial charge is 0.373 e. The predicted octanol–water partition coefficient (Wildman–Crippen LogP) is 1.80. The fourth-order valence-electron chi connectivity index (χ4n) is 2.53. The van der Waals surface area contributed by atoms with Crippen molar-refractivity contribution >= 4 is 36.4 Å². The number of amides is 1. The van der Waals surface area contributed by atoms with Gasteiger partial charge in [-0.25, -0.2) is 0 Å². The number of hydrogen-bond acceptors (Lipinski definition) is 3. The first kappa shape index (κ1) is 17.1. The Morgan fingerprint density at radius 2 is 1.85 bits per heavy atom. The van der Waals surface area contributed by atoms with Gasteiger partial charge in [-0.3, -0.25) is 4.79 Å². The van der Waals surface area contributed by atoms with Crippen LogP contribution in [-0.4, -0.2) is 36.5 Å². The minimum Gasteiger partial charge on any atom is -0.373 e. The van der Waals surface area contributed by atoms with Gasteiger partial charge in [-0.1, -0.05) is 18.2 Å². The molecule has 4 nitrogen and oxygen atoms in total. The van der Waals surface area contributed by atoms with Crippen molar-refractivity contribution in [2.45, 2.75) is 24.9 Å². The zero-order valence-electron chi connectivity index (χ0n) is 11.5. The van der Waals surface area contributed by atoms with Crippen LogP contribution < -0.4 is 10.6 Å². The van der Waals surface area contributed by atoms with Crippen LogP contribution in [0.25, 0.3) is 0 Å². The van der Waals surface area contributed by atoms with Crippen LogP contribution in [0.15, 0.2) is 24.3 Å². The van der Waals surface area contributed by atoms with Crippen molar-refractivity contribution < 1.29 is 4.79 Å². The molecule has 1 aliphatic carbocycles. The molecular weight excluding hydrogens is 297 g/mol. The Kier molecular flexibility index (Phi) is 5.30. The van der Waals surface area contributed by atoms with E-state index >= 15 is 0 Å². The molecule has 1 fully saturated rings. The highest BCUT2D eigenvalue weighted by Gasteiger charge is 2.48. The molecule has 0 aromatic heterocycles. The summed E-state index contributed by atoms with van der Waals surface area (Å²) in [4.78, 5) is 16.5. The van der Waals surface area contributed by atoms with Gasteiger partial charge in [0.2, 0.25) is 5.91 Å². The molecule has 1 aliphatic heterocycles. The second-order valence-corrected chi connectivity index (χ2v) is 5.43. The van der Waals surface area contributed by atoms with Crippen LogP contribution in [0, 0.1) is 0 Å². The van der Waals surface area contributed by atoms with Crippen LogP contribution in [0.3, 0.4) is 0 Å². The molecular formula is C14H21Cl2N3O. The van der Waals surface area contributed by atoms with Gasteiger partial charge < -0.3 is 15.5 Å². The number of nitrogens with zero attached hydrogens (tertiary/aromatic N) is 2. The first-order chi connectivity index (χ1) is 8.60. The van der Waals surface area contributed by atoms with Crippen molar-refractivity contribution in [3.63, 3.8) is 0 Å². The number of anilines is 1. The van der Waals surface area contributed by atoms with E-state index in [1.807, 2.05) is 17.0 Å². The molecule has 1 aromatic carbocycles. The van der Waals surface area contributed by atoms with Crippen molar-refractivity contribution in [3.05, 3.63) is 29.8 Å². The number of carbonyl (C=O) groups excluding carboxylic acids is 1. The van der Waals surface area contributed by atoms with Crippen LogP contribution in [0.2, 0.25) is 0 Å². The van der Waals surface area contributed by atoms with E-state index < -0.39 is 5.54 Å². The SMILES string of the molecule is CN1CCN(C(=O)C2(N)CC2)Cc2ccccc21.Cl.Cl. The summed E-state index contributed by atoms with van der Waals surface area (Å²) in [6, 6.07) is 8.26. The Labute approximate surface area is 132 Å². The maximum absolute atomic E-state index is 12.3. The molecule has 3 rings (SSSR count). The Morgan fingerprint density at radius 1 is 1.20 bits per heavy atom. The van der Waals surface area contributed by atoms with Gasteiger partial charge in [0.25, 0.3) is 0 Å². The number of nitrogens with two attached hydrogens (primary N) is 1. The number of carbonyl (C=O) groups is 1. The van der Waals surface area contributed by atoms with Gasteiger partial charge in [-0.15, -0.1) is 24.8 Å². The molecule has 1 saturated carbocycles. The number of halogens is 2. The monoisotopic (exact) mass is 317 g/mol. The maximum Gasteiger partial charge on any atom is 0.243 e. The summed E-state index contributed by atoms with van der Waals surface area (Å²) in [6.07, 6.45) is 1.67. The Bertz CT molecular complexity index is 491. The second-order valence-electron chi connectivity index (χ2n) is 5.43. The van der Waals surface area contributed by atoms with Crippen molar-refractivity contribution in [2.75, 3.05) is 25.0 Å². The third-order valence-electron chi connectivity index (χ3n) is 3.97. The number of hydrogen-bond donors (Lipinski definition) is 1. The molecule has 2 N–H and O–H groups in total. The van der Waals surface area contributed by atoms with Crippen molar-refractivity contribution in [2.24, 2.45) is 5.73 Å². The predicted molar refractivity (Wildman–Crippen MR) is 85.8 cm³/mol. The number of likely N-dealkylation sites (N-methyl/N-ethyl adjacent to an activating group) is 1. The molecule has 20 heavy (non-hydrogen) atoms. The molecule has 1 amide bonds. The summed E-state index contributed by atoms with van der Waals surface area (Å²) in [5.41, 5.74) is 7.89. The van der Waals surface area contributed by atoms with Crippen LogP contribution in [0.1, 0.15) is 18.4 Å². The highest BCUT2D eigenvalue weighted by Crippen LogP contribution is 2.35. The quantitative estimate of drug-likeness (QED) is 0.859. The lowest BCUT2D eigenvalue weighted by Gasteiger charge is -2.24. The van der Waals surface area contributed by atoms with Gasteiger partial charge in [0.1, 0.15) is 0 Å². The standard InChI is InChI=1S/C14H19N3O.2ClH/c1-16-8-9-17(13(18)14(15)6-7-14)10-11-4-2-3-5-12(11)16;;/h2-5H,6-10,15H2,1H3;2*1H. The lowest BCUT2D eigenvalue weighted by Crippen LogP contribution is -2.46. The summed E-state index contributed by atoms with van der Waals surface area (Å²) in [7, 11) is 2.07. The minimum absolute atomic E-state index is 0. The zero-order chi connectivity index (χ0) is 12.8. The van der Waals surface area contributed by atoms with Crippen LogP contribution in [0.5, 0.6) is 0 Å². The van der Waals surface area contributed by atoms with E-state index in [1.165, 1.54) is 11.3 Å². The molecule has 0 spiro atoms. The first-order valence-corrected chi connectivity index (χ1v) is 6.47. The van der Waals surface area contributed by atoms with E-state index in [0.717, 1.165) is 25.9 Å². The molecule has 6 heteroatoms. The van der Waals surface area contributed by atoms with E-state index in [2.05, 4.69) is 24.1 Å². The van der Waals surface area contributed by atoms with Gasteiger partial charge in [-0.2, -0.15) is 0 Å². The number of para-hydroxylation sites is 1. The summed E-state index contributed by atoms with van der Waals surface area (Å²) in [5, 5.41) is 0. The van der Waals surface area contributed by atoms with Crippen LogP contribution in [-0.2, 0) is 11.3 Å². The molecule has 0 atom stereocenters. The van der Waals surface area contributed by atoms with Crippen molar-refractivity contribution in [1.82, 2.24) is 4.90 Å². The lowest BCUT2D eigenvalue weighted by atomic mass is 10.1. The molecule has 0 radical (unpaired) electrons. The average Bonchev–Trinajstić information content (AvgIpc) is 3.14. The summed E-state index contributed by atoms with van der Waals surface area (Å²) >= 11 is 0. The molecule has 112 valence electrons. The van der Waals surface area contributed by atoms with E-state index in [-0.39, 0.29) is 30.7 Å². The average molecular weight is 318 g/mol. The second kappa shape index (κ2) is 6.20. The van der Waals surface area contributed by atoms with Crippen LogP contribution in [0.4, 0.5) is 5.69 Å². The molecule has 0 unspecified atom stereocenters. The third-order valence-corrected chi connectivity index (χ3v) is 3.97. The molecule has 0 bridgehead atoms. The van der Waals surface area contributed by atoms with Gasteiger partial charge >= 0.3 is 0 Å². The van der Waals surface area contributed by atoms with Gasteiger partial charge in [0, 0.05) is 32.4 Å². The number of fused-ring (bicyclic) bond motifs is 1. The van der Waals surface area contributed by atoms with Gasteiger partial charge in [0.15, 0.2) is 0 Å². The summed E-state index contributed by atoms with van der Waals surface area (Å²) < 4.78 is 0. The zero-order valence-corrected chi connectivity index (χ0v) is 13.2. The van der Waals surface area contributed by atoms with Crippen molar-refractivity contribution in [3.8, 4) is 0 Å². The van der Waals surface area contributed by atoms with E-state index in [9.17, 15) is 4.79 Å². The topological polar surface area (TPSA) is 49.6 Å². The molecule has 1 heterocycles. The minimum atomic E-state index is -0.558. The smallest absolute Gasteiger partial charge is 0.243 e. The summed E-state index contributed by atoms with van der Waals surface area (Å²) in [6.45, 7) is 2.29. The normalized spacial score (nSPS) is 19.1. The van der Waals surface area contributed by atoms with E-state index in [1.54, 1.807) is 0 Å². The molecule has 0 saturated heterocycles. The Morgan fingerprint density at radius 3 is 2.50 bits per heavy atom. The molecule has 2 aliphatic rings. The van der Waals surface area contributed by atoms with Crippen LogP contribution >= 0.6 is 24.8 Å². The lowest BCUT2D eigenvalue weighted by molar-refractivity contribution is -0.134. The van der Waals surface area contributed by atoms with E-state index in [0.29, 0.717) is 6.54 Å².